The molecule has 2 heterocycles. The van der Waals surface area contributed by atoms with Crippen LogP contribution in [0.4, 0.5) is 10.6 Å². The summed E-state index contributed by atoms with van der Waals surface area (Å²) in [4.78, 5) is 28.6. The molecule has 1 aromatic heterocycles. The molecule has 1 amide bonds. The fourth-order valence-electron chi connectivity index (χ4n) is 2.17. The first-order valence-corrected chi connectivity index (χ1v) is 9.26. The molecule has 1 aromatic rings. The van der Waals surface area contributed by atoms with Gasteiger partial charge in [0.1, 0.15) is 11.9 Å². The minimum Gasteiger partial charge on any atom is -0.480 e. The lowest BCUT2D eigenvalue weighted by Gasteiger charge is -2.24. The summed E-state index contributed by atoms with van der Waals surface area (Å²) >= 11 is 3.23. The number of sulfone groups is 1. The van der Waals surface area contributed by atoms with Crippen LogP contribution >= 0.6 is 15.9 Å². The zero-order valence-corrected chi connectivity index (χ0v) is 14.8. The molecular formula is C13H15BrN2O6S. The van der Waals surface area contributed by atoms with E-state index in [0.29, 0.717) is 5.82 Å². The van der Waals surface area contributed by atoms with Gasteiger partial charge in [-0.1, -0.05) is 0 Å². The fraction of sp³-hybridized carbons (Fsp3) is 0.462. The average Bonchev–Trinajstić information content (AvgIpc) is 2.78. The van der Waals surface area contributed by atoms with E-state index in [1.807, 2.05) is 0 Å². The number of rotatable bonds is 5. The van der Waals surface area contributed by atoms with E-state index >= 15 is 0 Å². The molecule has 23 heavy (non-hydrogen) atoms. The molecule has 1 saturated heterocycles. The van der Waals surface area contributed by atoms with E-state index in [2.05, 4.69) is 20.9 Å². The van der Waals surface area contributed by atoms with Crippen molar-refractivity contribution >= 4 is 43.6 Å². The third-order valence-electron chi connectivity index (χ3n) is 3.75. The smallest absolute Gasteiger partial charge is 0.415 e. The number of carbonyl (C=O) groups is 2. The first-order chi connectivity index (χ1) is 10.5. The van der Waals surface area contributed by atoms with Crippen molar-refractivity contribution in [3.8, 4) is 0 Å². The number of halogens is 1. The van der Waals surface area contributed by atoms with E-state index in [1.54, 1.807) is 12.1 Å². The normalized spacial score (nSPS) is 20.9. The Balaban J connectivity index is 2.20. The number of carboxylic acids is 1. The molecule has 126 valence electrons. The molecule has 2 rings (SSSR count). The predicted molar refractivity (Wildman–Crippen MR) is 85.1 cm³/mol. The number of cyclic esters (lactones) is 1. The van der Waals surface area contributed by atoms with Crippen molar-refractivity contribution < 1.29 is 27.9 Å². The number of aromatic nitrogens is 1. The Kier molecular flexibility index (Phi) is 4.67. The molecule has 1 aliphatic heterocycles. The molecule has 0 radical (unpaired) electrons. The summed E-state index contributed by atoms with van der Waals surface area (Å²) in [6.07, 6.45) is 0.481. The van der Waals surface area contributed by atoms with Gasteiger partial charge >= 0.3 is 12.1 Å². The van der Waals surface area contributed by atoms with Gasteiger partial charge in [-0.3, -0.25) is 9.69 Å². The lowest BCUT2D eigenvalue weighted by molar-refractivity contribution is -0.140. The molecule has 2 unspecified atom stereocenters. The molecular weight excluding hydrogens is 392 g/mol. The number of anilines is 1. The maximum atomic E-state index is 11.9. The van der Waals surface area contributed by atoms with Crippen LogP contribution < -0.4 is 4.90 Å². The number of ether oxygens (including phenoxy) is 1. The van der Waals surface area contributed by atoms with Gasteiger partial charge in [-0.2, -0.15) is 0 Å². The number of hydrogen-bond donors (Lipinski definition) is 1. The van der Waals surface area contributed by atoms with Crippen LogP contribution in [0.1, 0.15) is 13.3 Å². The summed E-state index contributed by atoms with van der Waals surface area (Å²) in [6, 6.07) is 3.29. The number of aliphatic carboxylic acids is 1. The first kappa shape index (κ1) is 17.7. The van der Waals surface area contributed by atoms with Gasteiger partial charge in [0.2, 0.25) is 0 Å². The van der Waals surface area contributed by atoms with E-state index in [1.165, 1.54) is 11.1 Å². The maximum absolute atomic E-state index is 11.9. The predicted octanol–water partition coefficient (Wildman–Crippen LogP) is 1.45. The van der Waals surface area contributed by atoms with Crippen LogP contribution in [0.15, 0.2) is 22.8 Å². The molecule has 0 spiro atoms. The van der Waals surface area contributed by atoms with E-state index in [0.717, 1.165) is 17.7 Å². The van der Waals surface area contributed by atoms with Crippen LogP contribution in [-0.2, 0) is 19.4 Å². The monoisotopic (exact) mass is 406 g/mol. The number of nitrogens with zero attached hydrogens (tertiary/aromatic N) is 2. The first-order valence-electron chi connectivity index (χ1n) is 6.57. The van der Waals surface area contributed by atoms with Crippen molar-refractivity contribution in [1.29, 1.82) is 0 Å². The number of carboxylic acid groups (broad SMARTS) is 1. The Hall–Kier alpha value is -1.68. The molecule has 0 bridgehead atoms. The largest absolute Gasteiger partial charge is 0.480 e. The third-order valence-corrected chi connectivity index (χ3v) is 6.20. The molecule has 10 heteroatoms. The van der Waals surface area contributed by atoms with Gasteiger partial charge in [0.25, 0.3) is 0 Å². The lowest BCUT2D eigenvalue weighted by Crippen LogP contribution is -2.46. The molecule has 2 atom stereocenters. The van der Waals surface area contributed by atoms with Gasteiger partial charge in [-0.15, -0.1) is 0 Å². The van der Waals surface area contributed by atoms with Gasteiger partial charge < -0.3 is 9.84 Å². The highest BCUT2D eigenvalue weighted by molar-refractivity contribution is 9.10. The van der Waals surface area contributed by atoms with Gasteiger partial charge in [0.15, 0.2) is 14.6 Å². The second-order valence-corrected chi connectivity index (χ2v) is 8.82. The molecule has 1 fully saturated rings. The summed E-state index contributed by atoms with van der Waals surface area (Å²) in [6.45, 7) is 1.14. The number of pyridine rings is 1. The Morgan fingerprint density at radius 3 is 2.70 bits per heavy atom. The van der Waals surface area contributed by atoms with E-state index in [-0.39, 0.29) is 13.0 Å². The van der Waals surface area contributed by atoms with Crippen LogP contribution in [0, 0.1) is 0 Å². The van der Waals surface area contributed by atoms with Crippen LogP contribution in [-0.4, -0.2) is 54.2 Å². The molecule has 1 aliphatic rings. The Morgan fingerprint density at radius 1 is 1.57 bits per heavy atom. The zero-order valence-electron chi connectivity index (χ0n) is 12.4. The second-order valence-electron chi connectivity index (χ2n) is 5.46. The van der Waals surface area contributed by atoms with Gasteiger partial charge in [-0.25, -0.2) is 18.2 Å². The summed E-state index contributed by atoms with van der Waals surface area (Å²) in [7, 11) is -3.89. The Morgan fingerprint density at radius 2 is 2.22 bits per heavy atom. The molecule has 0 aliphatic carbocycles. The van der Waals surface area contributed by atoms with Crippen molar-refractivity contribution in [2.75, 3.05) is 17.7 Å². The summed E-state index contributed by atoms with van der Waals surface area (Å²) in [5.41, 5.74) is 0. The van der Waals surface area contributed by atoms with E-state index < -0.39 is 32.8 Å². The maximum Gasteiger partial charge on any atom is 0.415 e. The fourth-order valence-corrected chi connectivity index (χ4v) is 3.21. The Bertz CT molecular complexity index is 735. The lowest BCUT2D eigenvalue weighted by atomic mass is 10.0. The summed E-state index contributed by atoms with van der Waals surface area (Å²) in [5.74, 6) is -1.13. The van der Waals surface area contributed by atoms with Crippen molar-refractivity contribution in [2.45, 2.75) is 24.2 Å². The number of hydrogen-bond acceptors (Lipinski definition) is 6. The average molecular weight is 407 g/mol. The highest BCUT2D eigenvalue weighted by atomic mass is 79.9. The van der Waals surface area contributed by atoms with Crippen LogP contribution in [0.2, 0.25) is 0 Å². The standard InChI is InChI=1S/C13H15BrN2O6S/c1-13(11(17)18,23(2,20)21)5-9-7-16(12(19)22-9)10-4-3-8(14)6-15-10/h3-4,6,9H,5,7H2,1-2H3,(H,17,18). The number of carbonyl (C=O) groups excluding carboxylic acids is 1. The Labute approximate surface area is 141 Å². The molecule has 1 N–H and O–H groups in total. The molecule has 8 nitrogen and oxygen atoms in total. The number of amides is 1. The summed E-state index contributed by atoms with van der Waals surface area (Å²) in [5, 5.41) is 9.26. The highest BCUT2D eigenvalue weighted by Gasteiger charge is 2.48. The van der Waals surface area contributed by atoms with Gasteiger partial charge in [0.05, 0.1) is 6.54 Å². The van der Waals surface area contributed by atoms with Crippen molar-refractivity contribution in [3.63, 3.8) is 0 Å². The van der Waals surface area contributed by atoms with Crippen molar-refractivity contribution in [3.05, 3.63) is 22.8 Å². The van der Waals surface area contributed by atoms with E-state index in [9.17, 15) is 23.1 Å². The third kappa shape index (κ3) is 3.47. The van der Waals surface area contributed by atoms with Crippen LogP contribution in [0.25, 0.3) is 0 Å². The van der Waals surface area contributed by atoms with Crippen molar-refractivity contribution in [1.82, 2.24) is 4.98 Å². The quantitative estimate of drug-likeness (QED) is 0.786. The minimum atomic E-state index is -3.89. The molecule has 0 saturated carbocycles. The zero-order chi connectivity index (χ0) is 17.4. The minimum absolute atomic E-state index is 0.0336. The second kappa shape index (κ2) is 6.08. The van der Waals surface area contributed by atoms with Crippen LogP contribution in [0.3, 0.4) is 0 Å². The summed E-state index contributed by atoms with van der Waals surface area (Å²) < 4.78 is 27.4. The van der Waals surface area contributed by atoms with E-state index in [4.69, 9.17) is 4.74 Å². The highest BCUT2D eigenvalue weighted by Crippen LogP contribution is 2.29. The topological polar surface area (TPSA) is 114 Å². The SMILES string of the molecule is CC(CC1CN(c2ccc(Br)cn2)C(=O)O1)(C(=O)O)S(C)(=O)=O. The van der Waals surface area contributed by atoms with Gasteiger partial charge in [0, 0.05) is 23.3 Å². The van der Waals surface area contributed by atoms with Gasteiger partial charge in [-0.05, 0) is 35.0 Å². The van der Waals surface area contributed by atoms with Crippen LogP contribution in [0.5, 0.6) is 0 Å². The molecule has 0 aromatic carbocycles. The van der Waals surface area contributed by atoms with Crippen molar-refractivity contribution in [2.24, 2.45) is 0 Å².